The van der Waals surface area contributed by atoms with Crippen molar-refractivity contribution in [3.8, 4) is 0 Å². The number of nitrogens with two attached hydrogens (primary N) is 1. The van der Waals surface area contributed by atoms with Crippen molar-refractivity contribution in [3.63, 3.8) is 0 Å². The Morgan fingerprint density at radius 2 is 1.92 bits per heavy atom. The highest BCUT2D eigenvalue weighted by Crippen LogP contribution is 2.57. The molecule has 0 radical (unpaired) electrons. The van der Waals surface area contributed by atoms with Gasteiger partial charge in [0, 0.05) is 18.0 Å². The van der Waals surface area contributed by atoms with Gasteiger partial charge in [-0.1, -0.05) is 0 Å². The maximum absolute atomic E-state index is 14.4. The van der Waals surface area contributed by atoms with Gasteiger partial charge in [0.05, 0.1) is 18.2 Å². The van der Waals surface area contributed by atoms with Crippen molar-refractivity contribution in [1.82, 2.24) is 5.32 Å². The molecule has 3 N–H and O–H groups in total. The lowest BCUT2D eigenvalue weighted by molar-refractivity contribution is -0.124. The average molecular weight is 337 g/mol. The number of piperidine rings is 1. The average Bonchev–Trinajstić information content (AvgIpc) is 2.84. The van der Waals surface area contributed by atoms with Crippen molar-refractivity contribution in [3.05, 3.63) is 29.3 Å². The third-order valence-corrected chi connectivity index (χ3v) is 4.82. The molecule has 0 unspecified atom stereocenters. The van der Waals surface area contributed by atoms with Gasteiger partial charge in [0.15, 0.2) is 6.10 Å². The molecule has 3 aliphatic rings. The topological polar surface area (TPSA) is 102 Å². The van der Waals surface area contributed by atoms with Crippen LogP contribution in [-0.2, 0) is 14.3 Å². The summed E-state index contributed by atoms with van der Waals surface area (Å²) in [6.45, 7) is 0.205. The van der Waals surface area contributed by atoms with Crippen LogP contribution in [0.2, 0.25) is 0 Å². The van der Waals surface area contributed by atoms with Crippen molar-refractivity contribution in [2.45, 2.75) is 12.0 Å². The van der Waals surface area contributed by atoms with Crippen LogP contribution in [0.25, 0.3) is 0 Å². The van der Waals surface area contributed by atoms with Gasteiger partial charge in [-0.15, -0.1) is 0 Å². The number of benzene rings is 1. The second kappa shape index (κ2) is 4.89. The number of fused-ring (bicyclic) bond motifs is 1. The van der Waals surface area contributed by atoms with Gasteiger partial charge in [-0.05, 0) is 18.1 Å². The number of hydrogen-bond acceptors (Lipinski definition) is 4. The monoisotopic (exact) mass is 337 g/mol. The number of halogens is 2. The van der Waals surface area contributed by atoms with E-state index in [-0.39, 0.29) is 29.6 Å². The van der Waals surface area contributed by atoms with Crippen molar-refractivity contribution in [1.29, 1.82) is 0 Å². The second-order valence-electron chi connectivity index (χ2n) is 6.17. The molecule has 2 saturated heterocycles. The molecule has 2 aliphatic heterocycles. The lowest BCUT2D eigenvalue weighted by Gasteiger charge is -2.15. The van der Waals surface area contributed by atoms with Crippen LogP contribution in [0.1, 0.15) is 11.5 Å². The molecule has 126 valence electrons. The Bertz CT molecular complexity index is 761. The van der Waals surface area contributed by atoms with E-state index in [1.165, 1.54) is 0 Å². The van der Waals surface area contributed by atoms with Gasteiger partial charge in [0.1, 0.15) is 11.6 Å². The predicted octanol–water partition coefficient (Wildman–Crippen LogP) is 0.235. The third-order valence-electron chi connectivity index (χ3n) is 4.82. The summed E-state index contributed by atoms with van der Waals surface area (Å²) >= 11 is 0. The van der Waals surface area contributed by atoms with E-state index in [0.29, 0.717) is 6.54 Å². The fourth-order valence-electron chi connectivity index (χ4n) is 3.58. The van der Waals surface area contributed by atoms with Crippen LogP contribution in [-0.4, -0.2) is 37.1 Å². The van der Waals surface area contributed by atoms with Gasteiger partial charge < -0.3 is 15.8 Å². The Kier molecular flexibility index (Phi) is 3.03. The van der Waals surface area contributed by atoms with E-state index < -0.39 is 41.6 Å². The summed E-state index contributed by atoms with van der Waals surface area (Å²) in [5, 5.41) is 2.64. The first-order chi connectivity index (χ1) is 11.4. The second-order valence-corrected chi connectivity index (χ2v) is 6.17. The summed E-state index contributed by atoms with van der Waals surface area (Å²) in [7, 11) is 0. The number of hydrogen-bond donors (Lipinski definition) is 2. The highest BCUT2D eigenvalue weighted by molar-refractivity contribution is 5.95. The van der Waals surface area contributed by atoms with Crippen LogP contribution < -0.4 is 16.0 Å². The Morgan fingerprint density at radius 1 is 1.25 bits per heavy atom. The number of anilines is 1. The third kappa shape index (κ3) is 2.04. The van der Waals surface area contributed by atoms with Crippen LogP contribution in [0.5, 0.6) is 0 Å². The van der Waals surface area contributed by atoms with E-state index in [0.717, 1.165) is 17.0 Å². The maximum Gasteiger partial charge on any atom is 0.415 e. The zero-order valence-electron chi connectivity index (χ0n) is 12.3. The molecule has 0 aromatic heterocycles. The summed E-state index contributed by atoms with van der Waals surface area (Å²) in [6.07, 6.45) is -2.05. The normalized spacial score (nSPS) is 30.8. The van der Waals surface area contributed by atoms with Crippen LogP contribution in [0, 0.1) is 23.5 Å². The van der Waals surface area contributed by atoms with Crippen molar-refractivity contribution in [2.75, 3.05) is 18.0 Å². The zero-order chi connectivity index (χ0) is 17.2. The molecule has 0 bridgehead atoms. The molecule has 2 heterocycles. The molecule has 3 fully saturated rings. The lowest BCUT2D eigenvalue weighted by atomic mass is 10.0. The molecule has 24 heavy (non-hydrogen) atoms. The highest BCUT2D eigenvalue weighted by atomic mass is 19.1. The Labute approximate surface area is 134 Å². The molecule has 1 saturated carbocycles. The molecule has 1 aromatic carbocycles. The first-order valence-corrected chi connectivity index (χ1v) is 7.42. The molecule has 7 nitrogen and oxygen atoms in total. The van der Waals surface area contributed by atoms with Crippen LogP contribution in [0.3, 0.4) is 0 Å². The van der Waals surface area contributed by atoms with Crippen molar-refractivity contribution >= 4 is 23.6 Å². The zero-order valence-corrected chi connectivity index (χ0v) is 12.3. The van der Waals surface area contributed by atoms with Crippen LogP contribution >= 0.6 is 0 Å². The summed E-state index contributed by atoms with van der Waals surface area (Å²) in [6, 6.07) is 2.02. The number of primary amides is 1. The largest absolute Gasteiger partial charge is 0.434 e. The number of ether oxygens (including phenoxy) is 1. The minimum Gasteiger partial charge on any atom is -0.434 e. The lowest BCUT2D eigenvalue weighted by Crippen LogP contribution is -2.32. The molecule has 4 atom stereocenters. The van der Waals surface area contributed by atoms with Gasteiger partial charge in [-0.3, -0.25) is 14.5 Å². The molecule has 3 amide bonds. The smallest absolute Gasteiger partial charge is 0.415 e. The van der Waals surface area contributed by atoms with E-state index in [9.17, 15) is 23.2 Å². The number of nitrogens with one attached hydrogen (secondary N) is 1. The van der Waals surface area contributed by atoms with Gasteiger partial charge in [0.2, 0.25) is 5.91 Å². The fraction of sp³-hybridized carbons (Fsp3) is 0.400. The first kappa shape index (κ1) is 14.9. The van der Waals surface area contributed by atoms with Crippen molar-refractivity contribution < 1.29 is 27.9 Å². The molecular formula is C15H13F2N3O4. The van der Waals surface area contributed by atoms with Gasteiger partial charge >= 0.3 is 6.09 Å². The molecule has 1 aliphatic carbocycles. The minimum absolute atomic E-state index is 0.0576. The van der Waals surface area contributed by atoms with Gasteiger partial charge in [-0.2, -0.15) is 0 Å². The first-order valence-electron chi connectivity index (χ1n) is 7.42. The quantitative estimate of drug-likeness (QED) is 0.824. The number of carbonyl (C=O) groups is 3. The van der Waals surface area contributed by atoms with E-state index in [1.807, 2.05) is 0 Å². The summed E-state index contributed by atoms with van der Waals surface area (Å²) < 4.78 is 33.6. The number of amides is 3. The van der Waals surface area contributed by atoms with Gasteiger partial charge in [-0.25, -0.2) is 13.6 Å². The summed E-state index contributed by atoms with van der Waals surface area (Å²) in [5.74, 6) is -3.64. The molecule has 9 heteroatoms. The number of rotatable bonds is 3. The molecular weight excluding hydrogens is 324 g/mol. The van der Waals surface area contributed by atoms with E-state index in [2.05, 4.69) is 5.32 Å². The predicted molar refractivity (Wildman–Crippen MR) is 75.9 cm³/mol. The number of cyclic esters (lactones) is 1. The van der Waals surface area contributed by atoms with Crippen molar-refractivity contribution in [2.24, 2.45) is 17.6 Å². The van der Waals surface area contributed by atoms with E-state index >= 15 is 0 Å². The maximum atomic E-state index is 14.4. The van der Waals surface area contributed by atoms with Crippen LogP contribution in [0.15, 0.2) is 12.1 Å². The molecule has 4 rings (SSSR count). The summed E-state index contributed by atoms with van der Waals surface area (Å²) in [5.41, 5.74) is 4.87. The summed E-state index contributed by atoms with van der Waals surface area (Å²) in [4.78, 5) is 35.4. The minimum atomic E-state index is -1.16. The fourth-order valence-corrected chi connectivity index (χ4v) is 3.58. The number of nitrogens with zero attached hydrogens (tertiary/aromatic N) is 1. The Balaban J connectivity index is 1.63. The molecule has 0 spiro atoms. The highest BCUT2D eigenvalue weighted by Gasteiger charge is 2.60. The van der Waals surface area contributed by atoms with Gasteiger partial charge in [0.25, 0.3) is 5.91 Å². The SMILES string of the molecule is NC(=O)[C@H]1CN(c2cc(F)c([C@@H]3[C@H]4CNC(=O)[C@H]43)c(F)c2)C(=O)O1. The Morgan fingerprint density at radius 3 is 2.42 bits per heavy atom. The molecule has 1 aromatic rings. The Hall–Kier alpha value is -2.71. The number of carbonyl (C=O) groups excluding carboxylic acids is 3. The van der Waals surface area contributed by atoms with E-state index in [4.69, 9.17) is 10.5 Å². The van der Waals surface area contributed by atoms with E-state index in [1.54, 1.807) is 0 Å². The standard InChI is InChI=1S/C15H13F2N3O4/c16-7-1-5(20-4-9(13(18)21)24-15(20)23)2-8(17)12(7)10-6-3-19-14(22)11(6)10/h1-2,6,9-11H,3-4H2,(H2,18,21)(H,19,22)/t6-,9-,10-,11-/m1/s1. The van der Waals surface area contributed by atoms with Crippen LogP contribution in [0.4, 0.5) is 19.3 Å².